The van der Waals surface area contributed by atoms with E-state index in [-0.39, 0.29) is 12.2 Å². The van der Waals surface area contributed by atoms with E-state index in [1.807, 2.05) is 0 Å². The summed E-state index contributed by atoms with van der Waals surface area (Å²) < 4.78 is 26.5. The standard InChI is InChI=1S/C10H11F2NO3/c1-5(14)4-13-7-3-2-6(10(15)16)8(11)9(7)12/h2-3,5,13-14H,4H2,1H3,(H,15,16). The molecule has 16 heavy (non-hydrogen) atoms. The molecule has 1 aromatic rings. The number of carbonyl (C=O) groups is 1. The van der Waals surface area contributed by atoms with Gasteiger partial charge in [0.25, 0.3) is 0 Å². The third kappa shape index (κ3) is 2.66. The quantitative estimate of drug-likeness (QED) is 0.733. The van der Waals surface area contributed by atoms with Crippen molar-refractivity contribution >= 4 is 11.7 Å². The second-order valence-electron chi connectivity index (χ2n) is 3.32. The van der Waals surface area contributed by atoms with Crippen molar-refractivity contribution in [1.29, 1.82) is 0 Å². The fourth-order valence-electron chi connectivity index (χ4n) is 1.11. The first-order chi connectivity index (χ1) is 7.43. The van der Waals surface area contributed by atoms with Gasteiger partial charge in [0.05, 0.1) is 17.4 Å². The highest BCUT2D eigenvalue weighted by Gasteiger charge is 2.17. The van der Waals surface area contributed by atoms with Gasteiger partial charge in [-0.25, -0.2) is 13.6 Å². The van der Waals surface area contributed by atoms with Gasteiger partial charge >= 0.3 is 5.97 Å². The molecule has 1 unspecified atom stereocenters. The SMILES string of the molecule is CC(O)CNc1ccc(C(=O)O)c(F)c1F. The van der Waals surface area contributed by atoms with Crippen molar-refractivity contribution in [3.8, 4) is 0 Å². The number of anilines is 1. The molecule has 0 fully saturated rings. The molecule has 0 aliphatic heterocycles. The Morgan fingerprint density at radius 3 is 2.56 bits per heavy atom. The average Bonchev–Trinajstić information content (AvgIpc) is 2.19. The topological polar surface area (TPSA) is 69.6 Å². The van der Waals surface area contributed by atoms with Gasteiger partial charge in [0.2, 0.25) is 0 Å². The largest absolute Gasteiger partial charge is 0.478 e. The van der Waals surface area contributed by atoms with E-state index in [1.165, 1.54) is 6.92 Å². The molecule has 0 amide bonds. The number of aromatic carboxylic acids is 1. The monoisotopic (exact) mass is 231 g/mol. The molecule has 6 heteroatoms. The first-order valence-corrected chi connectivity index (χ1v) is 4.56. The van der Waals surface area contributed by atoms with Crippen LogP contribution in [0.25, 0.3) is 0 Å². The van der Waals surface area contributed by atoms with Crippen molar-refractivity contribution in [2.45, 2.75) is 13.0 Å². The molecule has 88 valence electrons. The molecule has 3 N–H and O–H groups in total. The van der Waals surface area contributed by atoms with Crippen LogP contribution in [0.3, 0.4) is 0 Å². The number of nitrogens with one attached hydrogen (secondary N) is 1. The van der Waals surface area contributed by atoms with Crippen molar-refractivity contribution < 1.29 is 23.8 Å². The van der Waals surface area contributed by atoms with Crippen molar-refractivity contribution in [2.75, 3.05) is 11.9 Å². The number of hydrogen-bond donors (Lipinski definition) is 3. The Kier molecular flexibility index (Phi) is 3.78. The number of rotatable bonds is 4. The lowest BCUT2D eigenvalue weighted by Crippen LogP contribution is -2.17. The predicted octanol–water partition coefficient (Wildman–Crippen LogP) is 1.46. The summed E-state index contributed by atoms with van der Waals surface area (Å²) in [7, 11) is 0. The van der Waals surface area contributed by atoms with Crippen LogP contribution in [0.5, 0.6) is 0 Å². The van der Waals surface area contributed by atoms with Gasteiger partial charge in [0.1, 0.15) is 0 Å². The summed E-state index contributed by atoms with van der Waals surface area (Å²) in [5.74, 6) is -4.21. The summed E-state index contributed by atoms with van der Waals surface area (Å²) >= 11 is 0. The second-order valence-corrected chi connectivity index (χ2v) is 3.32. The van der Waals surface area contributed by atoms with E-state index < -0.39 is 29.3 Å². The maximum Gasteiger partial charge on any atom is 0.338 e. The summed E-state index contributed by atoms with van der Waals surface area (Å²) in [6.07, 6.45) is -0.721. The van der Waals surface area contributed by atoms with Crippen LogP contribution in [0.15, 0.2) is 12.1 Å². The summed E-state index contributed by atoms with van der Waals surface area (Å²) in [5, 5.41) is 19.9. The van der Waals surface area contributed by atoms with Crippen molar-refractivity contribution in [1.82, 2.24) is 0 Å². The normalized spacial score (nSPS) is 12.2. The lowest BCUT2D eigenvalue weighted by atomic mass is 10.2. The van der Waals surface area contributed by atoms with Crippen LogP contribution in [0, 0.1) is 11.6 Å². The molecule has 1 atom stereocenters. The number of aliphatic hydroxyl groups is 1. The molecule has 0 aliphatic carbocycles. The third-order valence-corrected chi connectivity index (χ3v) is 1.90. The zero-order chi connectivity index (χ0) is 12.3. The zero-order valence-corrected chi connectivity index (χ0v) is 8.50. The molecule has 0 bridgehead atoms. The minimum atomic E-state index is -1.53. The molecule has 0 saturated heterocycles. The van der Waals surface area contributed by atoms with Crippen molar-refractivity contribution in [3.63, 3.8) is 0 Å². The number of benzene rings is 1. The van der Waals surface area contributed by atoms with Crippen LogP contribution in [0.2, 0.25) is 0 Å². The van der Waals surface area contributed by atoms with Gasteiger partial charge in [-0.1, -0.05) is 0 Å². The first kappa shape index (κ1) is 12.4. The molecule has 0 radical (unpaired) electrons. The van der Waals surface area contributed by atoms with Gasteiger partial charge in [0.15, 0.2) is 11.6 Å². The highest BCUT2D eigenvalue weighted by atomic mass is 19.2. The molecule has 1 aromatic carbocycles. The summed E-state index contributed by atoms with van der Waals surface area (Å²) in [5.41, 5.74) is -0.900. The molecule has 1 rings (SSSR count). The van der Waals surface area contributed by atoms with Gasteiger partial charge in [0, 0.05) is 6.54 Å². The average molecular weight is 231 g/mol. The van der Waals surface area contributed by atoms with E-state index >= 15 is 0 Å². The Morgan fingerprint density at radius 1 is 1.44 bits per heavy atom. The van der Waals surface area contributed by atoms with Crippen LogP contribution in [-0.4, -0.2) is 28.8 Å². The van der Waals surface area contributed by atoms with Crippen LogP contribution in [0.1, 0.15) is 17.3 Å². The molecular formula is C10H11F2NO3. The molecular weight excluding hydrogens is 220 g/mol. The summed E-state index contributed by atoms with van der Waals surface area (Å²) in [6, 6.07) is 2.08. The highest BCUT2D eigenvalue weighted by molar-refractivity contribution is 5.88. The van der Waals surface area contributed by atoms with Crippen LogP contribution in [0.4, 0.5) is 14.5 Å². The van der Waals surface area contributed by atoms with E-state index in [1.54, 1.807) is 0 Å². The Labute approximate surface area is 90.5 Å². The highest BCUT2D eigenvalue weighted by Crippen LogP contribution is 2.20. The number of hydrogen-bond acceptors (Lipinski definition) is 3. The van der Waals surface area contributed by atoms with Gasteiger partial charge in [-0.3, -0.25) is 0 Å². The number of halogens is 2. The summed E-state index contributed by atoms with van der Waals surface area (Å²) in [4.78, 5) is 10.5. The van der Waals surface area contributed by atoms with Gasteiger partial charge < -0.3 is 15.5 Å². The Morgan fingerprint density at radius 2 is 2.06 bits per heavy atom. The van der Waals surface area contributed by atoms with E-state index in [0.29, 0.717) is 0 Å². The lowest BCUT2D eigenvalue weighted by molar-refractivity contribution is 0.0690. The third-order valence-electron chi connectivity index (χ3n) is 1.90. The van der Waals surface area contributed by atoms with Crippen LogP contribution < -0.4 is 5.32 Å². The summed E-state index contributed by atoms with van der Waals surface area (Å²) in [6.45, 7) is 1.52. The minimum Gasteiger partial charge on any atom is -0.478 e. The van der Waals surface area contributed by atoms with Gasteiger partial charge in [-0.15, -0.1) is 0 Å². The van der Waals surface area contributed by atoms with Crippen molar-refractivity contribution in [2.24, 2.45) is 0 Å². The van der Waals surface area contributed by atoms with E-state index in [0.717, 1.165) is 12.1 Å². The maximum absolute atomic E-state index is 13.3. The molecule has 4 nitrogen and oxygen atoms in total. The van der Waals surface area contributed by atoms with Crippen molar-refractivity contribution in [3.05, 3.63) is 29.3 Å². The molecule has 0 heterocycles. The van der Waals surface area contributed by atoms with E-state index in [4.69, 9.17) is 10.2 Å². The second kappa shape index (κ2) is 4.89. The zero-order valence-electron chi connectivity index (χ0n) is 8.50. The van der Waals surface area contributed by atoms with Crippen LogP contribution >= 0.6 is 0 Å². The number of aliphatic hydroxyl groups excluding tert-OH is 1. The van der Waals surface area contributed by atoms with E-state index in [2.05, 4.69) is 5.32 Å². The molecule has 0 spiro atoms. The first-order valence-electron chi connectivity index (χ1n) is 4.56. The lowest BCUT2D eigenvalue weighted by Gasteiger charge is -2.10. The maximum atomic E-state index is 13.3. The molecule has 0 aromatic heterocycles. The smallest absolute Gasteiger partial charge is 0.338 e. The molecule has 0 saturated carbocycles. The minimum absolute atomic E-state index is 0.0444. The Balaban J connectivity index is 2.98. The van der Waals surface area contributed by atoms with Gasteiger partial charge in [-0.05, 0) is 19.1 Å². The van der Waals surface area contributed by atoms with Gasteiger partial charge in [-0.2, -0.15) is 0 Å². The number of carboxylic acid groups (broad SMARTS) is 1. The Hall–Kier alpha value is -1.69. The molecule has 0 aliphatic rings. The predicted molar refractivity (Wildman–Crippen MR) is 53.5 cm³/mol. The number of carboxylic acids is 1. The van der Waals surface area contributed by atoms with Crippen LogP contribution in [-0.2, 0) is 0 Å². The fraction of sp³-hybridized carbons (Fsp3) is 0.300. The van der Waals surface area contributed by atoms with E-state index in [9.17, 15) is 13.6 Å². The Bertz CT molecular complexity index is 407. The fourth-order valence-corrected chi connectivity index (χ4v) is 1.11.